The Morgan fingerprint density at radius 3 is 2.79 bits per heavy atom. The van der Waals surface area contributed by atoms with Gasteiger partial charge in [-0.2, -0.15) is 0 Å². The Morgan fingerprint density at radius 1 is 1.12 bits per heavy atom. The highest BCUT2D eigenvalue weighted by Gasteiger charge is 2.31. The van der Waals surface area contributed by atoms with Crippen LogP contribution < -0.4 is 10.7 Å². The second-order valence-corrected chi connectivity index (χ2v) is 11.3. The van der Waals surface area contributed by atoms with Gasteiger partial charge in [-0.05, 0) is 79.9 Å². The van der Waals surface area contributed by atoms with E-state index in [9.17, 15) is 9.59 Å². The Morgan fingerprint density at radius 2 is 1.95 bits per heavy atom. The third kappa shape index (κ3) is 5.99. The van der Waals surface area contributed by atoms with Crippen LogP contribution in [0.25, 0.3) is 31.8 Å². The zero-order valence-electron chi connectivity index (χ0n) is 23.0. The molecule has 42 heavy (non-hydrogen) atoms. The highest BCUT2D eigenvalue weighted by atomic mass is 32.1. The molecule has 1 aliphatic heterocycles. The number of para-hydroxylation sites is 1. The van der Waals surface area contributed by atoms with E-state index >= 15 is 0 Å². The highest BCUT2D eigenvalue weighted by Crippen LogP contribution is 2.33. The summed E-state index contributed by atoms with van der Waals surface area (Å²) in [5.74, 6) is -0.832. The molecule has 0 aliphatic carbocycles. The largest absolute Gasteiger partial charge is 0.464 e. The van der Waals surface area contributed by atoms with Crippen molar-refractivity contribution in [3.8, 4) is 10.6 Å². The number of benzene rings is 3. The van der Waals surface area contributed by atoms with Crippen molar-refractivity contribution in [3.63, 3.8) is 0 Å². The first kappa shape index (κ1) is 27.8. The number of carbonyl (C=O) groups excluding carboxylic acids is 1. The highest BCUT2D eigenvalue weighted by molar-refractivity contribution is 7.21. The Bertz CT molecular complexity index is 1820. The Labute approximate surface area is 246 Å². The molecule has 0 radical (unpaired) electrons. The molecular formula is C33H30N2O6S. The van der Waals surface area contributed by atoms with Crippen LogP contribution in [-0.2, 0) is 14.3 Å². The number of carbonyl (C=O) groups is 1. The fraction of sp³-hybridized carbons (Fsp3) is 0.242. The van der Waals surface area contributed by atoms with E-state index in [4.69, 9.17) is 24.0 Å². The molecule has 0 unspecified atom stereocenters. The number of hydrogen-bond donors (Lipinski definition) is 2. The van der Waals surface area contributed by atoms with Gasteiger partial charge in [-0.15, -0.1) is 11.3 Å². The van der Waals surface area contributed by atoms with E-state index in [0.29, 0.717) is 48.1 Å². The maximum absolute atomic E-state index is 13.4. The molecule has 214 valence electrons. The number of nitrogens with zero attached hydrogens (tertiary/aromatic N) is 1. The van der Waals surface area contributed by atoms with Crippen LogP contribution in [0.4, 0.5) is 5.69 Å². The fourth-order valence-corrected chi connectivity index (χ4v) is 6.03. The Balaban J connectivity index is 1.22. The van der Waals surface area contributed by atoms with Crippen molar-refractivity contribution < 1.29 is 23.8 Å². The van der Waals surface area contributed by atoms with Gasteiger partial charge < -0.3 is 24.3 Å². The van der Waals surface area contributed by atoms with E-state index in [0.717, 1.165) is 20.8 Å². The first-order valence-electron chi connectivity index (χ1n) is 13.9. The summed E-state index contributed by atoms with van der Waals surface area (Å²) in [4.78, 5) is 31.4. The summed E-state index contributed by atoms with van der Waals surface area (Å²) in [5.41, 5.74) is 4.49. The molecule has 0 bridgehead atoms. The molecule has 2 aromatic heterocycles. The van der Waals surface area contributed by atoms with Crippen LogP contribution in [0.1, 0.15) is 36.3 Å². The molecule has 1 amide bonds. The van der Waals surface area contributed by atoms with Gasteiger partial charge in [-0.1, -0.05) is 18.2 Å². The molecule has 2 N–H and O–H groups in total. The topological polar surface area (TPSA) is 111 Å². The Kier molecular flexibility index (Phi) is 8.14. The third-order valence-electron chi connectivity index (χ3n) is 7.18. The average molecular weight is 583 g/mol. The second kappa shape index (κ2) is 12.3. The molecular weight excluding hydrogens is 552 g/mol. The number of rotatable bonds is 9. The number of aryl methyl sites for hydroxylation is 1. The third-order valence-corrected chi connectivity index (χ3v) is 8.24. The maximum atomic E-state index is 13.4. The number of aliphatic hydroxyl groups is 1. The van der Waals surface area contributed by atoms with E-state index in [1.54, 1.807) is 35.6 Å². The maximum Gasteiger partial charge on any atom is 0.290 e. The van der Waals surface area contributed by atoms with Crippen LogP contribution in [0.2, 0.25) is 0 Å². The summed E-state index contributed by atoms with van der Waals surface area (Å²) >= 11 is 1.63. The van der Waals surface area contributed by atoms with Gasteiger partial charge in [0, 0.05) is 35.8 Å². The molecule has 2 atom stereocenters. The van der Waals surface area contributed by atoms with Crippen molar-refractivity contribution >= 4 is 44.1 Å². The number of hydrogen-bond acceptors (Lipinski definition) is 8. The first-order valence-corrected chi connectivity index (χ1v) is 14.7. The number of nitrogens with one attached hydrogen (secondary N) is 1. The van der Waals surface area contributed by atoms with Crippen molar-refractivity contribution in [3.05, 3.63) is 106 Å². The van der Waals surface area contributed by atoms with Crippen molar-refractivity contribution in [2.24, 2.45) is 0 Å². The number of fused-ring (bicyclic) bond motifs is 2. The summed E-state index contributed by atoms with van der Waals surface area (Å²) in [6, 6.07) is 20.8. The zero-order chi connectivity index (χ0) is 29.1. The summed E-state index contributed by atoms with van der Waals surface area (Å²) in [6.07, 6.45) is 3.95. The average Bonchev–Trinajstić information content (AvgIpc) is 3.43. The van der Waals surface area contributed by atoms with Crippen molar-refractivity contribution in [1.29, 1.82) is 0 Å². The molecule has 0 saturated carbocycles. The van der Waals surface area contributed by atoms with Crippen LogP contribution in [0.3, 0.4) is 0 Å². The van der Waals surface area contributed by atoms with Gasteiger partial charge in [0.05, 0.1) is 28.5 Å². The standard InChI is InChI=1S/C33H30N2O6S/c1-20-8-13-26-29(16-20)42-33(35-26)21-9-11-23(12-10-21)34-32(38)28-17-22(18-30(41-28)39-15-5-4-14-36)25-19-40-27-7-3-2-6-24(27)31(25)37/h2-3,6-13,16-17,19,22,30,36H,4-5,14-15,18H2,1H3,(H,34,38)/t22-,30+/m1/s1. The summed E-state index contributed by atoms with van der Waals surface area (Å²) in [7, 11) is 0. The number of unbranched alkanes of at least 4 members (excludes halogenated alkanes) is 1. The van der Waals surface area contributed by atoms with Crippen LogP contribution in [0, 0.1) is 6.92 Å². The van der Waals surface area contributed by atoms with Crippen LogP contribution in [0.5, 0.6) is 0 Å². The van der Waals surface area contributed by atoms with Crippen molar-refractivity contribution in [1.82, 2.24) is 4.98 Å². The predicted molar refractivity (Wildman–Crippen MR) is 163 cm³/mol. The van der Waals surface area contributed by atoms with Crippen LogP contribution in [-0.4, -0.2) is 35.5 Å². The number of aliphatic hydroxyl groups excluding tert-OH is 1. The van der Waals surface area contributed by atoms with E-state index in [1.807, 2.05) is 42.5 Å². The molecule has 9 heteroatoms. The summed E-state index contributed by atoms with van der Waals surface area (Å²) < 4.78 is 18.7. The number of anilines is 1. The minimum absolute atomic E-state index is 0.0663. The number of allylic oxidation sites excluding steroid dienone is 1. The molecule has 6 rings (SSSR count). The molecule has 1 aliphatic rings. The van der Waals surface area contributed by atoms with Crippen LogP contribution >= 0.6 is 11.3 Å². The second-order valence-electron chi connectivity index (χ2n) is 10.3. The number of ether oxygens (including phenoxy) is 2. The first-order chi connectivity index (χ1) is 20.5. The molecule has 5 aromatic rings. The molecule has 3 heterocycles. The van der Waals surface area contributed by atoms with Gasteiger partial charge in [0.2, 0.25) is 6.29 Å². The fourth-order valence-electron chi connectivity index (χ4n) is 4.96. The minimum Gasteiger partial charge on any atom is -0.464 e. The summed E-state index contributed by atoms with van der Waals surface area (Å²) in [6.45, 7) is 2.49. The lowest BCUT2D eigenvalue weighted by atomic mass is 9.93. The van der Waals surface area contributed by atoms with Gasteiger partial charge in [0.1, 0.15) is 10.6 Å². The van der Waals surface area contributed by atoms with Gasteiger partial charge >= 0.3 is 0 Å². The van der Waals surface area contributed by atoms with Crippen LogP contribution in [0.15, 0.2) is 94.0 Å². The van der Waals surface area contributed by atoms with Gasteiger partial charge in [-0.3, -0.25) is 9.59 Å². The number of thiazole rings is 1. The van der Waals surface area contributed by atoms with E-state index in [2.05, 4.69) is 18.3 Å². The quantitative estimate of drug-likeness (QED) is 0.190. The van der Waals surface area contributed by atoms with Gasteiger partial charge in [-0.25, -0.2) is 4.98 Å². The number of amides is 1. The van der Waals surface area contributed by atoms with E-state index < -0.39 is 18.1 Å². The predicted octanol–water partition coefficient (Wildman–Crippen LogP) is 6.52. The molecule has 0 saturated heterocycles. The van der Waals surface area contributed by atoms with Gasteiger partial charge in [0.15, 0.2) is 11.2 Å². The van der Waals surface area contributed by atoms with Crippen molar-refractivity contribution in [2.45, 2.75) is 38.4 Å². The SMILES string of the molecule is Cc1ccc2nc(-c3ccc(NC(=O)C4=C[C@@H](c5coc6ccccc6c5=O)C[C@@H](OCCCCO)O4)cc3)sc2c1. The molecule has 0 fully saturated rings. The Hall–Kier alpha value is -4.31. The zero-order valence-corrected chi connectivity index (χ0v) is 23.9. The lowest BCUT2D eigenvalue weighted by Crippen LogP contribution is -2.31. The molecule has 8 nitrogen and oxygen atoms in total. The normalized spacial score (nSPS) is 16.8. The van der Waals surface area contributed by atoms with E-state index in [-0.39, 0.29) is 17.8 Å². The monoisotopic (exact) mass is 582 g/mol. The lowest BCUT2D eigenvalue weighted by Gasteiger charge is -2.29. The van der Waals surface area contributed by atoms with E-state index in [1.165, 1.54) is 11.8 Å². The molecule has 0 spiro atoms. The van der Waals surface area contributed by atoms with Gasteiger partial charge in [0.25, 0.3) is 5.91 Å². The number of aromatic nitrogens is 1. The lowest BCUT2D eigenvalue weighted by molar-refractivity contribution is -0.143. The summed E-state index contributed by atoms with van der Waals surface area (Å²) in [5, 5.41) is 13.4. The van der Waals surface area contributed by atoms with Crippen molar-refractivity contribution in [2.75, 3.05) is 18.5 Å². The molecule has 3 aromatic carbocycles. The minimum atomic E-state index is -0.740. The smallest absolute Gasteiger partial charge is 0.290 e.